The molecule has 0 bridgehead atoms. The molecule has 31 heavy (non-hydrogen) atoms. The number of hydrogen-bond acceptors (Lipinski definition) is 5. The van der Waals surface area contributed by atoms with Crippen LogP contribution in [0.1, 0.15) is 10.4 Å². The van der Waals surface area contributed by atoms with E-state index in [9.17, 15) is 22.8 Å². The van der Waals surface area contributed by atoms with Gasteiger partial charge in [0.1, 0.15) is 11.6 Å². The second-order valence-electron chi connectivity index (χ2n) is 6.36. The fourth-order valence-corrected chi connectivity index (χ4v) is 3.18. The number of alkyl halides is 2. The molecular formula is C21H14F3N3O4. The van der Waals surface area contributed by atoms with E-state index >= 15 is 0 Å². The van der Waals surface area contributed by atoms with Crippen LogP contribution in [0, 0.1) is 5.82 Å². The van der Waals surface area contributed by atoms with Crippen molar-refractivity contribution in [1.82, 2.24) is 14.1 Å². The minimum Gasteiger partial charge on any atom is -0.465 e. The summed E-state index contributed by atoms with van der Waals surface area (Å²) in [5.41, 5.74) is 0.408. The fraction of sp³-hybridized carbons (Fsp3) is 0.0952. The van der Waals surface area contributed by atoms with Gasteiger partial charge in [0.2, 0.25) is 0 Å². The standard InChI is InChI=1S/C21H14F3N3O4/c1-30-19(28)12-9-17-18(25-11-12)27(15-3-2-4-16(10-15)31-20(23)24)21(29)26(17)14-7-5-13(22)6-8-14/h2-11,20H,1H3. The molecule has 4 rings (SSSR count). The number of methoxy groups -OCH3 is 1. The summed E-state index contributed by atoms with van der Waals surface area (Å²) < 4.78 is 50.2. The van der Waals surface area contributed by atoms with Crippen molar-refractivity contribution in [3.63, 3.8) is 0 Å². The van der Waals surface area contributed by atoms with Gasteiger partial charge in [-0.25, -0.2) is 23.5 Å². The van der Waals surface area contributed by atoms with Crippen LogP contribution in [-0.2, 0) is 4.74 Å². The van der Waals surface area contributed by atoms with Crippen LogP contribution < -0.4 is 10.4 Å². The molecule has 0 aliphatic heterocycles. The average Bonchev–Trinajstić information content (AvgIpc) is 3.04. The van der Waals surface area contributed by atoms with E-state index in [4.69, 9.17) is 4.74 Å². The molecule has 0 fully saturated rings. The van der Waals surface area contributed by atoms with Gasteiger partial charge in [-0.3, -0.25) is 4.57 Å². The Kier molecular flexibility index (Phi) is 5.20. The third-order valence-electron chi connectivity index (χ3n) is 4.49. The van der Waals surface area contributed by atoms with Crippen molar-refractivity contribution in [2.45, 2.75) is 6.61 Å². The maximum atomic E-state index is 13.4. The molecule has 2 aromatic heterocycles. The van der Waals surface area contributed by atoms with Gasteiger partial charge in [0.15, 0.2) is 5.65 Å². The number of halogens is 3. The molecule has 0 saturated heterocycles. The molecule has 7 nitrogen and oxygen atoms in total. The third-order valence-corrected chi connectivity index (χ3v) is 4.49. The van der Waals surface area contributed by atoms with Gasteiger partial charge in [0.25, 0.3) is 0 Å². The van der Waals surface area contributed by atoms with Crippen LogP contribution in [-0.4, -0.2) is 33.8 Å². The first kappa shape index (κ1) is 20.2. The molecule has 0 saturated carbocycles. The van der Waals surface area contributed by atoms with Gasteiger partial charge in [0.05, 0.1) is 29.6 Å². The van der Waals surface area contributed by atoms with Crippen LogP contribution in [0.5, 0.6) is 5.75 Å². The van der Waals surface area contributed by atoms with Crippen molar-refractivity contribution in [2.24, 2.45) is 0 Å². The predicted octanol–water partition coefficient (Wildman–Crippen LogP) is 3.70. The molecule has 2 aromatic carbocycles. The van der Waals surface area contributed by atoms with Crippen molar-refractivity contribution in [2.75, 3.05) is 7.11 Å². The Balaban J connectivity index is 2.01. The molecule has 10 heteroatoms. The highest BCUT2D eigenvalue weighted by Gasteiger charge is 2.20. The van der Waals surface area contributed by atoms with Crippen molar-refractivity contribution >= 4 is 17.1 Å². The van der Waals surface area contributed by atoms with E-state index in [1.54, 1.807) is 0 Å². The van der Waals surface area contributed by atoms with E-state index in [2.05, 4.69) is 9.72 Å². The number of aromatic nitrogens is 3. The van der Waals surface area contributed by atoms with Gasteiger partial charge in [-0.15, -0.1) is 0 Å². The lowest BCUT2D eigenvalue weighted by Crippen LogP contribution is -2.22. The van der Waals surface area contributed by atoms with Crippen LogP contribution in [0.25, 0.3) is 22.5 Å². The lowest BCUT2D eigenvalue weighted by atomic mass is 10.2. The zero-order valence-corrected chi connectivity index (χ0v) is 16.0. The quantitative estimate of drug-likeness (QED) is 0.452. The normalized spacial score (nSPS) is 11.1. The summed E-state index contributed by atoms with van der Waals surface area (Å²) >= 11 is 0. The number of benzene rings is 2. The number of ether oxygens (including phenoxy) is 2. The second kappa shape index (κ2) is 7.98. The Morgan fingerprint density at radius 2 is 1.77 bits per heavy atom. The first-order chi connectivity index (χ1) is 14.9. The maximum Gasteiger partial charge on any atom is 0.387 e. The van der Waals surface area contributed by atoms with Crippen molar-refractivity contribution in [3.05, 3.63) is 82.7 Å². The second-order valence-corrected chi connectivity index (χ2v) is 6.36. The Hall–Kier alpha value is -4.08. The monoisotopic (exact) mass is 429 g/mol. The highest BCUT2D eigenvalue weighted by molar-refractivity contribution is 5.92. The van der Waals surface area contributed by atoms with E-state index in [1.165, 1.54) is 77.0 Å². The van der Waals surface area contributed by atoms with Gasteiger partial charge in [-0.05, 0) is 42.5 Å². The summed E-state index contributed by atoms with van der Waals surface area (Å²) in [6.45, 7) is -3.03. The minimum atomic E-state index is -3.03. The lowest BCUT2D eigenvalue weighted by molar-refractivity contribution is -0.0498. The van der Waals surface area contributed by atoms with Crippen molar-refractivity contribution in [3.8, 4) is 17.1 Å². The molecule has 0 aliphatic carbocycles. The topological polar surface area (TPSA) is 75.4 Å². The van der Waals surface area contributed by atoms with Gasteiger partial charge in [-0.1, -0.05) is 6.07 Å². The van der Waals surface area contributed by atoms with E-state index in [0.29, 0.717) is 5.69 Å². The van der Waals surface area contributed by atoms with Crippen LogP contribution in [0.4, 0.5) is 13.2 Å². The van der Waals surface area contributed by atoms with Gasteiger partial charge >= 0.3 is 18.3 Å². The Morgan fingerprint density at radius 3 is 2.45 bits per heavy atom. The first-order valence-electron chi connectivity index (χ1n) is 8.92. The number of nitrogens with zero attached hydrogens (tertiary/aromatic N) is 3. The highest BCUT2D eigenvalue weighted by Crippen LogP contribution is 2.24. The zero-order valence-electron chi connectivity index (χ0n) is 16.0. The van der Waals surface area contributed by atoms with Crippen LogP contribution >= 0.6 is 0 Å². The van der Waals surface area contributed by atoms with E-state index in [-0.39, 0.29) is 28.2 Å². The lowest BCUT2D eigenvalue weighted by Gasteiger charge is -2.07. The van der Waals surface area contributed by atoms with E-state index in [1.807, 2.05) is 0 Å². The fourth-order valence-electron chi connectivity index (χ4n) is 3.18. The zero-order chi connectivity index (χ0) is 22.1. The van der Waals surface area contributed by atoms with Crippen molar-refractivity contribution in [1.29, 1.82) is 0 Å². The smallest absolute Gasteiger partial charge is 0.387 e. The van der Waals surface area contributed by atoms with Gasteiger partial charge < -0.3 is 9.47 Å². The highest BCUT2D eigenvalue weighted by atomic mass is 19.3. The number of imidazole rings is 1. The summed E-state index contributed by atoms with van der Waals surface area (Å²) in [5, 5.41) is 0. The van der Waals surface area contributed by atoms with Gasteiger partial charge in [-0.2, -0.15) is 8.78 Å². The number of hydrogen-bond donors (Lipinski definition) is 0. The molecule has 0 amide bonds. The molecule has 0 radical (unpaired) electrons. The number of carbonyl (C=O) groups excluding carboxylic acids is 1. The Morgan fingerprint density at radius 1 is 1.03 bits per heavy atom. The largest absolute Gasteiger partial charge is 0.465 e. The average molecular weight is 429 g/mol. The molecule has 0 N–H and O–H groups in total. The minimum absolute atomic E-state index is 0.0952. The number of rotatable bonds is 5. The summed E-state index contributed by atoms with van der Waals surface area (Å²) in [7, 11) is 1.21. The summed E-state index contributed by atoms with van der Waals surface area (Å²) in [6.07, 6.45) is 1.23. The van der Waals surface area contributed by atoms with Crippen LogP contribution in [0.15, 0.2) is 65.6 Å². The molecule has 0 aliphatic rings. The molecule has 4 aromatic rings. The Bertz CT molecular complexity index is 1330. The Labute approximate surface area is 172 Å². The molecule has 0 spiro atoms. The first-order valence-corrected chi connectivity index (χ1v) is 8.92. The molecular weight excluding hydrogens is 415 g/mol. The molecule has 158 valence electrons. The molecule has 0 atom stereocenters. The van der Waals surface area contributed by atoms with E-state index in [0.717, 1.165) is 0 Å². The number of pyridine rings is 1. The number of esters is 1. The predicted molar refractivity (Wildman–Crippen MR) is 105 cm³/mol. The SMILES string of the molecule is COC(=O)c1cnc2c(c1)n(-c1ccc(F)cc1)c(=O)n2-c1cccc(OC(F)F)c1. The number of carbonyl (C=O) groups is 1. The number of fused-ring (bicyclic) bond motifs is 1. The summed E-state index contributed by atoms with van der Waals surface area (Å²) in [6, 6.07) is 12.1. The van der Waals surface area contributed by atoms with Crippen LogP contribution in [0.2, 0.25) is 0 Å². The van der Waals surface area contributed by atoms with E-state index < -0.39 is 24.1 Å². The van der Waals surface area contributed by atoms with Gasteiger partial charge in [0, 0.05) is 12.3 Å². The van der Waals surface area contributed by atoms with Crippen molar-refractivity contribution < 1.29 is 27.4 Å². The maximum absolute atomic E-state index is 13.4. The molecule has 2 heterocycles. The third kappa shape index (κ3) is 3.75. The summed E-state index contributed by atoms with van der Waals surface area (Å²) in [4.78, 5) is 29.5. The van der Waals surface area contributed by atoms with Crippen LogP contribution in [0.3, 0.4) is 0 Å². The molecule has 0 unspecified atom stereocenters. The summed E-state index contributed by atoms with van der Waals surface area (Å²) in [5.74, 6) is -1.30.